The minimum Gasteiger partial charge on any atom is -0.481 e. The topological polar surface area (TPSA) is 121 Å². The van der Waals surface area contributed by atoms with Crippen LogP contribution in [-0.2, 0) is 16.6 Å². The molecule has 0 radical (unpaired) electrons. The van der Waals surface area contributed by atoms with E-state index in [0.717, 1.165) is 18.0 Å². The second-order valence-corrected chi connectivity index (χ2v) is 9.58. The quantitative estimate of drug-likeness (QED) is 0.465. The highest BCUT2D eigenvalue weighted by molar-refractivity contribution is 7.15. The molecule has 4 rings (SSSR count). The Balaban J connectivity index is 1.57. The lowest BCUT2D eigenvalue weighted by atomic mass is 9.72. The minimum absolute atomic E-state index is 0.0464. The molecule has 0 unspecified atom stereocenters. The van der Waals surface area contributed by atoms with Crippen LogP contribution in [0.4, 0.5) is 24.8 Å². The molecule has 0 saturated heterocycles. The van der Waals surface area contributed by atoms with Crippen molar-refractivity contribution in [1.82, 2.24) is 19.9 Å². The van der Waals surface area contributed by atoms with Crippen LogP contribution in [0.5, 0.6) is 0 Å². The fraction of sp³-hybridized carbons (Fsp3) is 0.409. The predicted octanol–water partition coefficient (Wildman–Crippen LogP) is 4.77. The van der Waals surface area contributed by atoms with Crippen molar-refractivity contribution in [2.45, 2.75) is 44.9 Å². The number of hydrogen-bond donors (Lipinski definition) is 3. The van der Waals surface area contributed by atoms with Crippen molar-refractivity contribution in [3.05, 3.63) is 47.0 Å². The van der Waals surface area contributed by atoms with Gasteiger partial charge in [-0.3, -0.25) is 4.79 Å². The van der Waals surface area contributed by atoms with Gasteiger partial charge < -0.3 is 15.5 Å². The number of aliphatic carboxylic acids is 1. The number of anilines is 2. The molecular formula is C22H22F3N5O3S. The van der Waals surface area contributed by atoms with E-state index in [0.29, 0.717) is 40.7 Å². The summed E-state index contributed by atoms with van der Waals surface area (Å²) >= 11 is 1.26. The van der Waals surface area contributed by atoms with Crippen molar-refractivity contribution in [1.29, 1.82) is 0 Å². The highest BCUT2D eigenvalue weighted by atomic mass is 32.1. The summed E-state index contributed by atoms with van der Waals surface area (Å²) < 4.78 is 38.8. The molecule has 1 fully saturated rings. The van der Waals surface area contributed by atoms with Gasteiger partial charge in [0.15, 0.2) is 0 Å². The van der Waals surface area contributed by atoms with E-state index in [-0.39, 0.29) is 11.7 Å². The Morgan fingerprint density at radius 3 is 2.65 bits per heavy atom. The third-order valence-electron chi connectivity index (χ3n) is 5.87. The maximum absolute atomic E-state index is 12.9. The molecule has 3 atom stereocenters. The molecule has 0 aromatic carbocycles. The van der Waals surface area contributed by atoms with Gasteiger partial charge in [0.05, 0.1) is 16.5 Å². The van der Waals surface area contributed by atoms with E-state index in [1.807, 2.05) is 13.8 Å². The Labute approximate surface area is 197 Å². The fourth-order valence-corrected chi connectivity index (χ4v) is 5.20. The lowest BCUT2D eigenvalue weighted by Crippen LogP contribution is -2.38. The number of pyridine rings is 1. The number of carbonyl (C=O) groups is 1. The number of carboxylic acid groups (broad SMARTS) is 1. The van der Waals surface area contributed by atoms with Crippen LogP contribution in [0.3, 0.4) is 0 Å². The highest BCUT2D eigenvalue weighted by Crippen LogP contribution is 2.45. The molecule has 3 N–H and O–H groups in total. The zero-order valence-electron chi connectivity index (χ0n) is 18.3. The summed E-state index contributed by atoms with van der Waals surface area (Å²) in [7, 11) is 0. The van der Waals surface area contributed by atoms with Gasteiger partial charge >= 0.3 is 12.1 Å². The fourth-order valence-electron chi connectivity index (χ4n) is 4.19. The Morgan fingerprint density at radius 2 is 1.97 bits per heavy atom. The second-order valence-electron chi connectivity index (χ2n) is 8.55. The number of nitrogens with one attached hydrogen (secondary N) is 1. The number of hydrogen-bond acceptors (Lipinski definition) is 8. The maximum atomic E-state index is 12.9. The summed E-state index contributed by atoms with van der Waals surface area (Å²) in [5, 5.41) is 23.8. The molecule has 0 bridgehead atoms. The van der Waals surface area contributed by atoms with Gasteiger partial charge in [-0.05, 0) is 49.8 Å². The number of halogens is 3. The molecule has 0 spiro atoms. The number of nitrogens with zero attached hydrogens (tertiary/aromatic N) is 4. The number of carboxylic acids is 1. The lowest BCUT2D eigenvalue weighted by molar-refractivity contribution is -0.148. The van der Waals surface area contributed by atoms with Crippen molar-refractivity contribution in [3.8, 4) is 10.6 Å². The molecule has 3 aromatic rings. The Morgan fingerprint density at radius 1 is 1.21 bits per heavy atom. The lowest BCUT2D eigenvalue weighted by Gasteiger charge is -2.37. The van der Waals surface area contributed by atoms with Gasteiger partial charge in [-0.15, -0.1) is 11.3 Å². The zero-order chi connectivity index (χ0) is 24.7. The van der Waals surface area contributed by atoms with E-state index in [2.05, 4.69) is 25.3 Å². The van der Waals surface area contributed by atoms with Crippen molar-refractivity contribution in [3.63, 3.8) is 0 Å². The average molecular weight is 494 g/mol. The molecule has 12 heteroatoms. The molecule has 0 aliphatic heterocycles. The summed E-state index contributed by atoms with van der Waals surface area (Å²) in [5.74, 6) is -1.30. The predicted molar refractivity (Wildman–Crippen MR) is 118 cm³/mol. The highest BCUT2D eigenvalue weighted by Gasteiger charge is 2.43. The average Bonchev–Trinajstić information content (AvgIpc) is 3.24. The van der Waals surface area contributed by atoms with Gasteiger partial charge in [-0.1, -0.05) is 6.92 Å². The SMILES string of the molecule is Cc1cc(Nc2cc(C(F)(F)F)ncn2)nc(-c2cnc([C@]3(O)CC[C@H](C(=O)O)[C@H](C)C3)s2)c1. The first-order chi connectivity index (χ1) is 15.9. The van der Waals surface area contributed by atoms with Crippen molar-refractivity contribution < 1.29 is 28.2 Å². The number of aryl methyl sites for hydroxylation is 1. The Hall–Kier alpha value is -3.12. The van der Waals surface area contributed by atoms with Gasteiger partial charge in [0.1, 0.15) is 34.3 Å². The van der Waals surface area contributed by atoms with Crippen LogP contribution < -0.4 is 5.32 Å². The molecule has 8 nitrogen and oxygen atoms in total. The molecule has 3 aromatic heterocycles. The number of rotatable bonds is 5. The molecule has 1 saturated carbocycles. The van der Waals surface area contributed by atoms with E-state index in [9.17, 15) is 28.2 Å². The third-order valence-corrected chi connectivity index (χ3v) is 7.09. The van der Waals surface area contributed by atoms with Gasteiger partial charge in [0.25, 0.3) is 0 Å². The van der Waals surface area contributed by atoms with E-state index < -0.39 is 29.4 Å². The first kappa shape index (κ1) is 24.0. The van der Waals surface area contributed by atoms with Crippen LogP contribution in [0, 0.1) is 18.8 Å². The minimum atomic E-state index is -4.59. The second kappa shape index (κ2) is 8.91. The van der Waals surface area contributed by atoms with Crippen molar-refractivity contribution >= 4 is 28.9 Å². The van der Waals surface area contributed by atoms with Gasteiger partial charge in [-0.25, -0.2) is 19.9 Å². The largest absolute Gasteiger partial charge is 0.481 e. The molecular weight excluding hydrogens is 471 g/mol. The Kier molecular flexibility index (Phi) is 6.30. The molecule has 3 heterocycles. The third kappa shape index (κ3) is 5.02. The zero-order valence-corrected chi connectivity index (χ0v) is 19.1. The normalized spacial score (nSPS) is 23.0. The monoisotopic (exact) mass is 493 g/mol. The summed E-state index contributed by atoms with van der Waals surface area (Å²) in [6, 6.07) is 4.28. The van der Waals surface area contributed by atoms with Crippen LogP contribution in [0.2, 0.25) is 0 Å². The van der Waals surface area contributed by atoms with E-state index in [1.54, 1.807) is 18.3 Å². The van der Waals surface area contributed by atoms with Gasteiger partial charge in [0, 0.05) is 12.3 Å². The molecule has 34 heavy (non-hydrogen) atoms. The summed E-state index contributed by atoms with van der Waals surface area (Å²) in [6.07, 6.45) is -1.23. The smallest absolute Gasteiger partial charge is 0.433 e. The van der Waals surface area contributed by atoms with E-state index >= 15 is 0 Å². The van der Waals surface area contributed by atoms with Crippen LogP contribution in [0.25, 0.3) is 10.6 Å². The summed E-state index contributed by atoms with van der Waals surface area (Å²) in [5.41, 5.74) is -0.937. The first-order valence-corrected chi connectivity index (χ1v) is 11.3. The summed E-state index contributed by atoms with van der Waals surface area (Å²) in [6.45, 7) is 3.64. The van der Waals surface area contributed by atoms with Crippen molar-refractivity contribution in [2.24, 2.45) is 11.8 Å². The number of thiazole rings is 1. The van der Waals surface area contributed by atoms with Crippen LogP contribution in [0.1, 0.15) is 42.5 Å². The summed E-state index contributed by atoms with van der Waals surface area (Å²) in [4.78, 5) is 28.0. The first-order valence-electron chi connectivity index (χ1n) is 10.5. The molecule has 0 amide bonds. The number of alkyl halides is 3. The molecule has 1 aliphatic rings. The number of aliphatic hydroxyl groups is 1. The maximum Gasteiger partial charge on any atom is 0.433 e. The van der Waals surface area contributed by atoms with Crippen LogP contribution >= 0.6 is 11.3 Å². The van der Waals surface area contributed by atoms with E-state index in [4.69, 9.17) is 0 Å². The molecule has 1 aliphatic carbocycles. The van der Waals surface area contributed by atoms with Gasteiger partial charge in [-0.2, -0.15) is 13.2 Å². The Bertz CT molecular complexity index is 1220. The standard InChI is InChI=1S/C22H22F3N5O3S/c1-11-5-14(29-18(6-11)30-17-7-16(22(23,24)25)27-10-28-17)15-9-26-20(34-15)21(33)4-3-13(19(31)32)12(2)8-21/h5-7,9-10,12-13,33H,3-4,8H2,1-2H3,(H,31,32)(H,27,28,29,30)/t12-,13+,21+/m1/s1. The van der Waals surface area contributed by atoms with Crippen LogP contribution in [-0.4, -0.2) is 36.1 Å². The number of aromatic nitrogens is 4. The van der Waals surface area contributed by atoms with Gasteiger partial charge in [0.2, 0.25) is 0 Å². The molecule has 180 valence electrons. The van der Waals surface area contributed by atoms with E-state index in [1.165, 1.54) is 11.3 Å². The van der Waals surface area contributed by atoms with Crippen molar-refractivity contribution in [2.75, 3.05) is 5.32 Å². The van der Waals surface area contributed by atoms with Crippen LogP contribution in [0.15, 0.2) is 30.7 Å².